The lowest BCUT2D eigenvalue weighted by Crippen LogP contribution is -2.27. The average Bonchev–Trinajstić information content (AvgIpc) is 2.55. The third-order valence-electron chi connectivity index (χ3n) is 2.73. The first kappa shape index (κ1) is 9.22. The number of hydrogen-bond acceptors (Lipinski definition) is 3. The maximum absolute atomic E-state index is 8.94. The van der Waals surface area contributed by atoms with Crippen molar-refractivity contribution in [2.75, 3.05) is 13.6 Å². The van der Waals surface area contributed by atoms with Crippen molar-refractivity contribution in [1.29, 1.82) is 5.26 Å². The number of nitriles is 1. The summed E-state index contributed by atoms with van der Waals surface area (Å²) in [6.45, 7) is 4.84. The zero-order valence-electron chi connectivity index (χ0n) is 8.62. The Bertz CT molecular complexity index is 386. The number of fused-ring (bicyclic) bond motifs is 1. The molecular formula is C10H14N4. The van der Waals surface area contributed by atoms with Crippen LogP contribution < -0.4 is 0 Å². The van der Waals surface area contributed by atoms with E-state index in [1.807, 2.05) is 4.68 Å². The predicted molar refractivity (Wildman–Crippen MR) is 52.7 cm³/mol. The Hall–Kier alpha value is -1.34. The highest BCUT2D eigenvalue weighted by molar-refractivity contribution is 5.36. The first-order valence-electron chi connectivity index (χ1n) is 4.93. The standard InChI is InChI=1S/C10H14N4/c1-3-14-10-4-5-13(2)7-8(10)9(6-11)12-14/h3-5,7H2,1-2H3. The second-order valence-electron chi connectivity index (χ2n) is 3.69. The Morgan fingerprint density at radius 2 is 2.36 bits per heavy atom. The Morgan fingerprint density at radius 3 is 3.00 bits per heavy atom. The minimum absolute atomic E-state index is 0.605. The largest absolute Gasteiger partial charge is 0.302 e. The molecule has 0 aliphatic carbocycles. The van der Waals surface area contributed by atoms with Crippen LogP contribution in [0.1, 0.15) is 23.9 Å². The van der Waals surface area contributed by atoms with Crippen molar-refractivity contribution in [3.05, 3.63) is 17.0 Å². The van der Waals surface area contributed by atoms with E-state index in [0.29, 0.717) is 5.69 Å². The molecule has 0 amide bonds. The lowest BCUT2D eigenvalue weighted by Gasteiger charge is -2.22. The van der Waals surface area contributed by atoms with E-state index in [4.69, 9.17) is 5.26 Å². The SMILES string of the molecule is CCn1nc(C#N)c2c1CCN(C)C2. The van der Waals surface area contributed by atoms with Gasteiger partial charge in [-0.1, -0.05) is 0 Å². The molecule has 74 valence electrons. The van der Waals surface area contributed by atoms with Crippen LogP contribution in [-0.2, 0) is 19.5 Å². The number of aryl methyl sites for hydroxylation is 1. The molecule has 1 aliphatic heterocycles. The summed E-state index contributed by atoms with van der Waals surface area (Å²) in [6, 6.07) is 2.17. The summed E-state index contributed by atoms with van der Waals surface area (Å²) in [4.78, 5) is 2.23. The molecule has 0 atom stereocenters. The van der Waals surface area contributed by atoms with Gasteiger partial charge in [0.1, 0.15) is 6.07 Å². The molecule has 0 bridgehead atoms. The van der Waals surface area contributed by atoms with E-state index in [1.165, 1.54) is 5.69 Å². The predicted octanol–water partition coefficient (Wildman–Crippen LogP) is 0.763. The molecular weight excluding hydrogens is 176 g/mol. The Labute approximate surface area is 83.7 Å². The van der Waals surface area contributed by atoms with Gasteiger partial charge in [0.2, 0.25) is 0 Å². The van der Waals surface area contributed by atoms with Gasteiger partial charge in [0.15, 0.2) is 5.69 Å². The van der Waals surface area contributed by atoms with E-state index in [-0.39, 0.29) is 0 Å². The van der Waals surface area contributed by atoms with E-state index < -0.39 is 0 Å². The van der Waals surface area contributed by atoms with Crippen LogP contribution in [0, 0.1) is 11.3 Å². The molecule has 0 radical (unpaired) electrons. The van der Waals surface area contributed by atoms with Crippen molar-refractivity contribution in [2.24, 2.45) is 0 Å². The van der Waals surface area contributed by atoms with Crippen molar-refractivity contribution < 1.29 is 0 Å². The lowest BCUT2D eigenvalue weighted by molar-refractivity contribution is 0.307. The van der Waals surface area contributed by atoms with Crippen LogP contribution in [0.5, 0.6) is 0 Å². The third-order valence-corrected chi connectivity index (χ3v) is 2.73. The summed E-state index contributed by atoms with van der Waals surface area (Å²) in [7, 11) is 2.08. The van der Waals surface area contributed by atoms with Crippen LogP contribution in [0.15, 0.2) is 0 Å². The topological polar surface area (TPSA) is 44.9 Å². The molecule has 0 fully saturated rings. The van der Waals surface area contributed by atoms with Gasteiger partial charge < -0.3 is 4.90 Å². The second kappa shape index (κ2) is 3.43. The van der Waals surface area contributed by atoms with E-state index >= 15 is 0 Å². The van der Waals surface area contributed by atoms with E-state index in [1.54, 1.807) is 0 Å². The normalized spacial score (nSPS) is 16.4. The number of nitrogens with zero attached hydrogens (tertiary/aromatic N) is 4. The van der Waals surface area contributed by atoms with Gasteiger partial charge in [0.25, 0.3) is 0 Å². The van der Waals surface area contributed by atoms with Gasteiger partial charge in [0.05, 0.1) is 0 Å². The van der Waals surface area contributed by atoms with Crippen molar-refractivity contribution in [3.63, 3.8) is 0 Å². The van der Waals surface area contributed by atoms with Crippen LogP contribution in [0.2, 0.25) is 0 Å². The maximum Gasteiger partial charge on any atom is 0.167 e. The molecule has 0 saturated carbocycles. The molecule has 0 saturated heterocycles. The molecule has 1 aromatic rings. The fourth-order valence-electron chi connectivity index (χ4n) is 1.98. The van der Waals surface area contributed by atoms with Gasteiger partial charge in [0, 0.05) is 37.3 Å². The highest BCUT2D eigenvalue weighted by Crippen LogP contribution is 2.21. The van der Waals surface area contributed by atoms with Crippen molar-refractivity contribution >= 4 is 0 Å². The first-order valence-corrected chi connectivity index (χ1v) is 4.93. The summed E-state index contributed by atoms with van der Waals surface area (Å²) >= 11 is 0. The number of rotatable bonds is 1. The highest BCUT2D eigenvalue weighted by atomic mass is 15.3. The van der Waals surface area contributed by atoms with Crippen LogP contribution >= 0.6 is 0 Å². The third kappa shape index (κ3) is 1.30. The average molecular weight is 190 g/mol. The zero-order valence-corrected chi connectivity index (χ0v) is 8.62. The minimum atomic E-state index is 0.605. The number of aromatic nitrogens is 2. The second-order valence-corrected chi connectivity index (χ2v) is 3.69. The maximum atomic E-state index is 8.94. The van der Waals surface area contributed by atoms with Crippen LogP contribution in [0.3, 0.4) is 0 Å². The fourth-order valence-corrected chi connectivity index (χ4v) is 1.98. The number of likely N-dealkylation sites (N-methyl/N-ethyl adjacent to an activating group) is 1. The smallest absolute Gasteiger partial charge is 0.167 e. The van der Waals surface area contributed by atoms with Crippen LogP contribution in [0.4, 0.5) is 0 Å². The Balaban J connectivity index is 2.48. The van der Waals surface area contributed by atoms with Gasteiger partial charge in [-0.25, -0.2) is 0 Å². The molecule has 0 unspecified atom stereocenters. The van der Waals surface area contributed by atoms with Gasteiger partial charge in [-0.05, 0) is 14.0 Å². The minimum Gasteiger partial charge on any atom is -0.302 e. The van der Waals surface area contributed by atoms with Gasteiger partial charge in [-0.3, -0.25) is 4.68 Å². The van der Waals surface area contributed by atoms with E-state index in [9.17, 15) is 0 Å². The van der Waals surface area contributed by atoms with Crippen LogP contribution in [-0.4, -0.2) is 28.3 Å². The molecule has 4 nitrogen and oxygen atoms in total. The quantitative estimate of drug-likeness (QED) is 0.656. The monoisotopic (exact) mass is 190 g/mol. The first-order chi connectivity index (χ1) is 6.76. The number of hydrogen-bond donors (Lipinski definition) is 0. The summed E-state index contributed by atoms with van der Waals surface area (Å²) in [5.74, 6) is 0. The molecule has 4 heteroatoms. The van der Waals surface area contributed by atoms with Crippen molar-refractivity contribution in [2.45, 2.75) is 26.4 Å². The van der Waals surface area contributed by atoms with Crippen molar-refractivity contribution in [3.8, 4) is 6.07 Å². The van der Waals surface area contributed by atoms with E-state index in [2.05, 4.69) is 30.0 Å². The Kier molecular flexibility index (Phi) is 2.26. The summed E-state index contributed by atoms with van der Waals surface area (Å²) in [6.07, 6.45) is 1.01. The van der Waals surface area contributed by atoms with Gasteiger partial charge in [-0.15, -0.1) is 0 Å². The molecule has 14 heavy (non-hydrogen) atoms. The summed E-state index contributed by atoms with van der Waals surface area (Å²) in [5.41, 5.74) is 2.98. The van der Waals surface area contributed by atoms with Crippen molar-refractivity contribution in [1.82, 2.24) is 14.7 Å². The van der Waals surface area contributed by atoms with E-state index in [0.717, 1.165) is 31.6 Å². The molecule has 2 rings (SSSR count). The highest BCUT2D eigenvalue weighted by Gasteiger charge is 2.22. The van der Waals surface area contributed by atoms with Gasteiger partial charge in [-0.2, -0.15) is 10.4 Å². The molecule has 0 spiro atoms. The fraction of sp³-hybridized carbons (Fsp3) is 0.600. The molecule has 0 N–H and O–H groups in total. The molecule has 2 heterocycles. The van der Waals surface area contributed by atoms with Crippen LogP contribution in [0.25, 0.3) is 0 Å². The zero-order chi connectivity index (χ0) is 10.1. The molecule has 1 aliphatic rings. The molecule has 0 aromatic carbocycles. The summed E-state index contributed by atoms with van der Waals surface area (Å²) < 4.78 is 1.96. The molecule has 1 aromatic heterocycles. The summed E-state index contributed by atoms with van der Waals surface area (Å²) in [5, 5.41) is 13.2. The lowest BCUT2D eigenvalue weighted by atomic mass is 10.1. The Morgan fingerprint density at radius 1 is 1.57 bits per heavy atom. The van der Waals surface area contributed by atoms with Gasteiger partial charge >= 0.3 is 0 Å².